The molecular weight excluding hydrogens is 462 g/mol. The van der Waals surface area contributed by atoms with Gasteiger partial charge in [0.15, 0.2) is 11.5 Å². The number of para-hydroxylation sites is 2. The van der Waals surface area contributed by atoms with Crippen LogP contribution in [-0.4, -0.2) is 42.6 Å². The number of benzene rings is 4. The van der Waals surface area contributed by atoms with Crippen LogP contribution in [0.5, 0.6) is 11.5 Å². The number of aliphatic hydroxyl groups excluding tert-OH is 1. The molecule has 0 amide bonds. The van der Waals surface area contributed by atoms with Gasteiger partial charge in [-0.25, -0.2) is 0 Å². The highest BCUT2D eigenvalue weighted by Crippen LogP contribution is 2.26. The van der Waals surface area contributed by atoms with Gasteiger partial charge in [0.1, 0.15) is 12.4 Å². The number of aliphatic hydroxyl groups is 1. The summed E-state index contributed by atoms with van der Waals surface area (Å²) < 4.78 is 11.3. The fourth-order valence-corrected chi connectivity index (χ4v) is 4.28. The summed E-state index contributed by atoms with van der Waals surface area (Å²) in [6.45, 7) is 1.79. The first-order valence-corrected chi connectivity index (χ1v) is 12.5. The van der Waals surface area contributed by atoms with Crippen molar-refractivity contribution in [2.75, 3.05) is 26.8 Å². The largest absolute Gasteiger partial charge is 0.493 e. The lowest BCUT2D eigenvalue weighted by molar-refractivity contribution is -0.122. The monoisotopic (exact) mass is 495 g/mol. The number of carbonyl (C=O) groups is 1. The van der Waals surface area contributed by atoms with E-state index in [1.165, 1.54) is 0 Å². The molecule has 0 aliphatic heterocycles. The zero-order valence-corrected chi connectivity index (χ0v) is 21.1. The van der Waals surface area contributed by atoms with Crippen LogP contribution in [0.15, 0.2) is 109 Å². The van der Waals surface area contributed by atoms with Crippen LogP contribution >= 0.6 is 0 Å². The van der Waals surface area contributed by atoms with Crippen molar-refractivity contribution in [2.45, 2.75) is 19.1 Å². The predicted molar refractivity (Wildman–Crippen MR) is 147 cm³/mol. The van der Waals surface area contributed by atoms with Crippen LogP contribution in [0.4, 0.5) is 0 Å². The van der Waals surface area contributed by atoms with E-state index in [-0.39, 0.29) is 18.7 Å². The summed E-state index contributed by atoms with van der Waals surface area (Å²) >= 11 is 0. The van der Waals surface area contributed by atoms with Gasteiger partial charge in [0.05, 0.1) is 19.8 Å². The summed E-state index contributed by atoms with van der Waals surface area (Å²) in [5.74, 6) is 1.32. The van der Waals surface area contributed by atoms with Gasteiger partial charge in [0.2, 0.25) is 0 Å². The molecule has 0 radical (unpaired) electrons. The molecule has 5 heteroatoms. The highest BCUT2D eigenvalue weighted by molar-refractivity contribution is 5.81. The molecule has 0 aliphatic carbocycles. The quantitative estimate of drug-likeness (QED) is 0.249. The predicted octanol–water partition coefficient (Wildman–Crippen LogP) is 5.94. The lowest BCUT2D eigenvalue weighted by Gasteiger charge is -2.23. The van der Waals surface area contributed by atoms with Crippen molar-refractivity contribution < 1.29 is 19.4 Å². The maximum atomic E-state index is 13.1. The summed E-state index contributed by atoms with van der Waals surface area (Å²) in [4.78, 5) is 15.1. The van der Waals surface area contributed by atoms with Gasteiger partial charge in [0, 0.05) is 19.5 Å². The third kappa shape index (κ3) is 7.78. The van der Waals surface area contributed by atoms with Crippen molar-refractivity contribution >= 4 is 5.78 Å². The normalized spacial score (nSPS) is 11.8. The molecule has 0 saturated heterocycles. The minimum absolute atomic E-state index is 0.0224. The Bertz CT molecular complexity index is 1260. The van der Waals surface area contributed by atoms with Crippen LogP contribution in [0.3, 0.4) is 0 Å². The lowest BCUT2D eigenvalue weighted by Crippen LogP contribution is -2.33. The summed E-state index contributed by atoms with van der Waals surface area (Å²) in [7, 11) is 1.61. The minimum Gasteiger partial charge on any atom is -0.493 e. The molecule has 0 fully saturated rings. The fourth-order valence-electron chi connectivity index (χ4n) is 4.28. The van der Waals surface area contributed by atoms with E-state index in [4.69, 9.17) is 9.47 Å². The van der Waals surface area contributed by atoms with Gasteiger partial charge >= 0.3 is 0 Å². The number of carbonyl (C=O) groups excluding carboxylic acids is 1. The maximum Gasteiger partial charge on any atom is 0.161 e. The lowest BCUT2D eigenvalue weighted by atomic mass is 9.98. The summed E-state index contributed by atoms with van der Waals surface area (Å²) in [6.07, 6.45) is -0.809. The number of nitrogens with zero attached hydrogens (tertiary/aromatic N) is 1. The average Bonchev–Trinajstić information content (AvgIpc) is 2.94. The standard InChI is InChI=1S/C32H33NO4/c1-36-31-17-8-9-18-32(31)37-20-19-33(23-25-11-4-2-5-12-25)24-29(34)22-30(35)28-16-10-15-27(21-28)26-13-6-3-7-14-26/h2-18,21,30,35H,19-20,22-24H2,1H3/t30-/m1/s1. The van der Waals surface area contributed by atoms with Crippen molar-refractivity contribution in [3.8, 4) is 22.6 Å². The van der Waals surface area contributed by atoms with Gasteiger partial charge < -0.3 is 14.6 Å². The number of methoxy groups -OCH3 is 1. The molecule has 37 heavy (non-hydrogen) atoms. The van der Waals surface area contributed by atoms with Crippen molar-refractivity contribution in [3.63, 3.8) is 0 Å². The van der Waals surface area contributed by atoms with E-state index >= 15 is 0 Å². The number of hydrogen-bond acceptors (Lipinski definition) is 5. The molecule has 4 aromatic carbocycles. The molecule has 1 N–H and O–H groups in total. The van der Waals surface area contributed by atoms with E-state index < -0.39 is 6.10 Å². The van der Waals surface area contributed by atoms with Gasteiger partial charge in [-0.15, -0.1) is 0 Å². The molecule has 0 bridgehead atoms. The first kappa shape index (κ1) is 26.1. The van der Waals surface area contributed by atoms with Gasteiger partial charge in [-0.1, -0.05) is 91.0 Å². The minimum atomic E-state index is -0.862. The van der Waals surface area contributed by atoms with E-state index in [9.17, 15) is 9.90 Å². The third-order valence-electron chi connectivity index (χ3n) is 6.18. The summed E-state index contributed by atoms with van der Waals surface area (Å²) in [6, 6.07) is 35.3. The van der Waals surface area contributed by atoms with Gasteiger partial charge in [-0.3, -0.25) is 9.69 Å². The second-order valence-corrected chi connectivity index (χ2v) is 8.95. The molecule has 4 aromatic rings. The Labute approximate surface area is 218 Å². The zero-order chi connectivity index (χ0) is 25.9. The molecule has 0 aromatic heterocycles. The second kappa shape index (κ2) is 13.4. The zero-order valence-electron chi connectivity index (χ0n) is 21.1. The van der Waals surface area contributed by atoms with Crippen molar-refractivity contribution in [3.05, 3.63) is 120 Å². The SMILES string of the molecule is COc1ccccc1OCCN(CC(=O)C[C@@H](O)c1cccc(-c2ccccc2)c1)Cc1ccccc1. The Morgan fingerprint density at radius 3 is 2.19 bits per heavy atom. The maximum absolute atomic E-state index is 13.1. The van der Waals surface area contributed by atoms with E-state index in [0.717, 1.165) is 22.3 Å². The first-order valence-electron chi connectivity index (χ1n) is 12.5. The van der Waals surface area contributed by atoms with Gasteiger partial charge in [-0.2, -0.15) is 0 Å². The number of ether oxygens (including phenoxy) is 2. The van der Waals surface area contributed by atoms with E-state index in [1.807, 2.05) is 109 Å². The Morgan fingerprint density at radius 2 is 1.46 bits per heavy atom. The molecule has 0 saturated carbocycles. The summed E-state index contributed by atoms with van der Waals surface area (Å²) in [5, 5.41) is 10.9. The van der Waals surface area contributed by atoms with Crippen LogP contribution in [0.1, 0.15) is 23.7 Å². The highest BCUT2D eigenvalue weighted by atomic mass is 16.5. The smallest absolute Gasteiger partial charge is 0.161 e. The Balaban J connectivity index is 1.38. The number of Topliss-reactive ketones (excluding diaryl/α,β-unsaturated/α-hetero) is 1. The van der Waals surface area contributed by atoms with Gasteiger partial charge in [0.25, 0.3) is 0 Å². The van der Waals surface area contributed by atoms with E-state index in [1.54, 1.807) is 7.11 Å². The molecule has 0 heterocycles. The van der Waals surface area contributed by atoms with E-state index in [2.05, 4.69) is 4.90 Å². The van der Waals surface area contributed by atoms with Crippen LogP contribution < -0.4 is 9.47 Å². The Morgan fingerprint density at radius 1 is 0.811 bits per heavy atom. The fraction of sp³-hybridized carbons (Fsp3) is 0.219. The Hall–Kier alpha value is -3.93. The molecule has 0 spiro atoms. The molecule has 0 unspecified atom stereocenters. The first-order chi connectivity index (χ1) is 18.1. The van der Waals surface area contributed by atoms with Crippen molar-refractivity contribution in [1.29, 1.82) is 0 Å². The summed E-state index contributed by atoms with van der Waals surface area (Å²) in [5.41, 5.74) is 3.95. The van der Waals surface area contributed by atoms with Crippen LogP contribution in [0, 0.1) is 0 Å². The highest BCUT2D eigenvalue weighted by Gasteiger charge is 2.18. The average molecular weight is 496 g/mol. The van der Waals surface area contributed by atoms with Crippen LogP contribution in [-0.2, 0) is 11.3 Å². The van der Waals surface area contributed by atoms with Crippen molar-refractivity contribution in [2.24, 2.45) is 0 Å². The van der Waals surface area contributed by atoms with Crippen LogP contribution in [0.2, 0.25) is 0 Å². The van der Waals surface area contributed by atoms with Crippen LogP contribution in [0.25, 0.3) is 11.1 Å². The molecular formula is C32H33NO4. The molecule has 5 nitrogen and oxygen atoms in total. The number of ketones is 1. The second-order valence-electron chi connectivity index (χ2n) is 8.95. The molecule has 190 valence electrons. The Kier molecular flexibility index (Phi) is 9.47. The molecule has 1 atom stereocenters. The molecule has 4 rings (SSSR count). The van der Waals surface area contributed by atoms with Gasteiger partial charge in [-0.05, 0) is 40.5 Å². The van der Waals surface area contributed by atoms with Crippen molar-refractivity contribution in [1.82, 2.24) is 4.90 Å². The number of hydrogen-bond donors (Lipinski definition) is 1. The topological polar surface area (TPSA) is 59.0 Å². The molecule has 0 aliphatic rings. The third-order valence-corrected chi connectivity index (χ3v) is 6.18. The van der Waals surface area contributed by atoms with E-state index in [0.29, 0.717) is 31.2 Å². The number of rotatable bonds is 13.